The fourth-order valence-electron chi connectivity index (χ4n) is 0.651. The molecule has 1 amide bonds. The first-order valence-electron chi connectivity index (χ1n) is 3.11. The van der Waals surface area contributed by atoms with Crippen LogP contribution in [0.25, 0.3) is 0 Å². The van der Waals surface area contributed by atoms with E-state index in [2.05, 4.69) is 10.3 Å². The van der Waals surface area contributed by atoms with E-state index in [4.69, 9.17) is 5.11 Å². The zero-order chi connectivity index (χ0) is 8.27. The van der Waals surface area contributed by atoms with Gasteiger partial charge in [-0.3, -0.25) is 5.32 Å². The standard InChI is InChI=1S/C7H8N2O2/c1-5-2-3-6(8-4-5)9-7(10)11/h2-4H,1H3,(H,8,9)(H,10,11). The van der Waals surface area contributed by atoms with E-state index in [1.165, 1.54) is 0 Å². The fourth-order valence-corrected chi connectivity index (χ4v) is 0.651. The largest absolute Gasteiger partial charge is 0.465 e. The molecule has 2 N–H and O–H groups in total. The summed E-state index contributed by atoms with van der Waals surface area (Å²) in [4.78, 5) is 13.9. The van der Waals surface area contributed by atoms with Crippen molar-refractivity contribution in [3.8, 4) is 0 Å². The lowest BCUT2D eigenvalue weighted by Crippen LogP contribution is -2.08. The molecular weight excluding hydrogens is 144 g/mol. The van der Waals surface area contributed by atoms with E-state index in [0.29, 0.717) is 5.82 Å². The first-order chi connectivity index (χ1) is 5.18. The van der Waals surface area contributed by atoms with Crippen LogP contribution < -0.4 is 5.32 Å². The van der Waals surface area contributed by atoms with Gasteiger partial charge in [0, 0.05) is 6.20 Å². The van der Waals surface area contributed by atoms with Crippen LogP contribution in [0.3, 0.4) is 0 Å². The number of carboxylic acid groups (broad SMARTS) is 1. The van der Waals surface area contributed by atoms with Crippen LogP contribution in [0.5, 0.6) is 0 Å². The van der Waals surface area contributed by atoms with Crippen LogP contribution in [0.2, 0.25) is 0 Å². The molecule has 0 aliphatic carbocycles. The molecule has 11 heavy (non-hydrogen) atoms. The first-order valence-corrected chi connectivity index (χ1v) is 3.11. The number of carbonyl (C=O) groups is 1. The summed E-state index contributed by atoms with van der Waals surface area (Å²) in [6.07, 6.45) is 0.506. The van der Waals surface area contributed by atoms with Gasteiger partial charge >= 0.3 is 6.09 Å². The number of hydrogen-bond acceptors (Lipinski definition) is 2. The number of pyridine rings is 1. The normalized spacial score (nSPS) is 9.18. The highest BCUT2D eigenvalue weighted by Gasteiger charge is 1.96. The van der Waals surface area contributed by atoms with E-state index in [0.717, 1.165) is 5.56 Å². The van der Waals surface area contributed by atoms with Crippen LogP contribution in [-0.2, 0) is 0 Å². The number of aryl methyl sites for hydroxylation is 1. The smallest absolute Gasteiger partial charge is 0.410 e. The highest BCUT2D eigenvalue weighted by atomic mass is 16.4. The van der Waals surface area contributed by atoms with Crippen molar-refractivity contribution >= 4 is 11.9 Å². The van der Waals surface area contributed by atoms with Gasteiger partial charge in [0.25, 0.3) is 0 Å². The Hall–Kier alpha value is -1.58. The van der Waals surface area contributed by atoms with Crippen LogP contribution in [0.1, 0.15) is 5.56 Å². The number of nitrogens with zero attached hydrogens (tertiary/aromatic N) is 1. The van der Waals surface area contributed by atoms with Crippen LogP contribution in [0.15, 0.2) is 18.3 Å². The number of hydrogen-bond donors (Lipinski definition) is 2. The summed E-state index contributed by atoms with van der Waals surface area (Å²) in [5.74, 6) is 0.350. The number of aromatic nitrogens is 1. The van der Waals surface area contributed by atoms with Gasteiger partial charge < -0.3 is 5.11 Å². The van der Waals surface area contributed by atoms with Crippen molar-refractivity contribution in [2.45, 2.75) is 6.92 Å². The summed E-state index contributed by atoms with van der Waals surface area (Å²) in [5, 5.41) is 10.4. The second-order valence-electron chi connectivity index (χ2n) is 2.15. The molecule has 0 bridgehead atoms. The van der Waals surface area contributed by atoms with E-state index in [9.17, 15) is 4.79 Å². The molecule has 0 radical (unpaired) electrons. The molecule has 0 aromatic carbocycles. The minimum Gasteiger partial charge on any atom is -0.465 e. The summed E-state index contributed by atoms with van der Waals surface area (Å²) < 4.78 is 0. The molecule has 0 saturated heterocycles. The molecule has 58 valence electrons. The Labute approximate surface area is 63.9 Å². The van der Waals surface area contributed by atoms with Crippen molar-refractivity contribution < 1.29 is 9.90 Å². The monoisotopic (exact) mass is 152 g/mol. The maximum absolute atomic E-state index is 10.1. The van der Waals surface area contributed by atoms with E-state index >= 15 is 0 Å². The van der Waals surface area contributed by atoms with E-state index < -0.39 is 6.09 Å². The molecule has 1 rings (SSSR count). The van der Waals surface area contributed by atoms with Gasteiger partial charge in [0.05, 0.1) is 0 Å². The zero-order valence-electron chi connectivity index (χ0n) is 6.03. The van der Waals surface area contributed by atoms with Gasteiger partial charge in [-0.1, -0.05) is 6.07 Å². The van der Waals surface area contributed by atoms with Crippen LogP contribution >= 0.6 is 0 Å². The van der Waals surface area contributed by atoms with Crippen LogP contribution in [-0.4, -0.2) is 16.2 Å². The zero-order valence-corrected chi connectivity index (χ0v) is 6.03. The second kappa shape index (κ2) is 3.01. The topological polar surface area (TPSA) is 62.2 Å². The Morgan fingerprint density at radius 1 is 1.64 bits per heavy atom. The molecule has 0 saturated carbocycles. The van der Waals surface area contributed by atoms with Gasteiger partial charge in [-0.05, 0) is 18.6 Å². The average molecular weight is 152 g/mol. The molecule has 0 spiro atoms. The first kappa shape index (κ1) is 7.53. The molecule has 1 heterocycles. The average Bonchev–Trinajstić information content (AvgIpc) is 1.93. The molecule has 0 atom stereocenters. The summed E-state index contributed by atoms with van der Waals surface area (Å²) >= 11 is 0. The van der Waals surface area contributed by atoms with E-state index in [1.807, 2.05) is 6.92 Å². The third kappa shape index (κ3) is 2.25. The fraction of sp³-hybridized carbons (Fsp3) is 0.143. The highest BCUT2D eigenvalue weighted by Crippen LogP contribution is 2.02. The maximum atomic E-state index is 10.1. The Kier molecular flexibility index (Phi) is 2.06. The van der Waals surface area contributed by atoms with Crippen LogP contribution in [0.4, 0.5) is 10.6 Å². The minimum absolute atomic E-state index is 0.350. The second-order valence-corrected chi connectivity index (χ2v) is 2.15. The minimum atomic E-state index is -1.10. The van der Waals surface area contributed by atoms with Crippen molar-refractivity contribution in [3.63, 3.8) is 0 Å². The van der Waals surface area contributed by atoms with Gasteiger partial charge in [-0.15, -0.1) is 0 Å². The van der Waals surface area contributed by atoms with Gasteiger partial charge in [-0.25, -0.2) is 9.78 Å². The SMILES string of the molecule is Cc1ccc(NC(=O)O)nc1. The third-order valence-corrected chi connectivity index (χ3v) is 1.15. The van der Waals surface area contributed by atoms with Crippen molar-refractivity contribution in [2.75, 3.05) is 5.32 Å². The van der Waals surface area contributed by atoms with Crippen LogP contribution in [0, 0.1) is 6.92 Å². The Bertz CT molecular complexity index is 256. The van der Waals surface area contributed by atoms with Gasteiger partial charge in [0.1, 0.15) is 5.82 Å². The molecule has 0 fully saturated rings. The lowest BCUT2D eigenvalue weighted by Gasteiger charge is -1.97. The van der Waals surface area contributed by atoms with Crippen molar-refractivity contribution in [1.82, 2.24) is 4.98 Å². The van der Waals surface area contributed by atoms with Crippen molar-refractivity contribution in [3.05, 3.63) is 23.9 Å². The van der Waals surface area contributed by atoms with Gasteiger partial charge in [0.2, 0.25) is 0 Å². The summed E-state index contributed by atoms with van der Waals surface area (Å²) in [6.45, 7) is 1.89. The van der Waals surface area contributed by atoms with Crippen molar-refractivity contribution in [1.29, 1.82) is 0 Å². The number of amides is 1. The Morgan fingerprint density at radius 2 is 2.36 bits per heavy atom. The molecule has 1 aromatic rings. The summed E-state index contributed by atoms with van der Waals surface area (Å²) in [6, 6.07) is 3.40. The molecule has 4 nitrogen and oxygen atoms in total. The molecule has 1 aromatic heterocycles. The Balaban J connectivity index is 2.74. The summed E-state index contributed by atoms with van der Waals surface area (Å²) in [5.41, 5.74) is 1.00. The quantitative estimate of drug-likeness (QED) is 0.640. The third-order valence-electron chi connectivity index (χ3n) is 1.15. The molecule has 0 unspecified atom stereocenters. The molecule has 4 heteroatoms. The lowest BCUT2D eigenvalue weighted by atomic mass is 10.3. The van der Waals surface area contributed by atoms with E-state index in [-0.39, 0.29) is 0 Å². The lowest BCUT2D eigenvalue weighted by molar-refractivity contribution is 0.209. The van der Waals surface area contributed by atoms with E-state index in [1.54, 1.807) is 18.3 Å². The molecule has 0 aliphatic heterocycles. The molecule has 0 aliphatic rings. The predicted molar refractivity (Wildman–Crippen MR) is 40.6 cm³/mol. The van der Waals surface area contributed by atoms with Gasteiger partial charge in [-0.2, -0.15) is 0 Å². The Morgan fingerprint density at radius 3 is 2.82 bits per heavy atom. The predicted octanol–water partition coefficient (Wildman–Crippen LogP) is 1.48. The van der Waals surface area contributed by atoms with Crippen molar-refractivity contribution in [2.24, 2.45) is 0 Å². The van der Waals surface area contributed by atoms with Gasteiger partial charge in [0.15, 0.2) is 0 Å². The maximum Gasteiger partial charge on any atom is 0.410 e. The highest BCUT2D eigenvalue weighted by molar-refractivity contribution is 5.81. The summed E-state index contributed by atoms with van der Waals surface area (Å²) in [7, 11) is 0. The number of nitrogens with one attached hydrogen (secondary N) is 1. The number of anilines is 1. The number of rotatable bonds is 1. The molecular formula is C7H8N2O2.